The zero-order chi connectivity index (χ0) is 19.5. The van der Waals surface area contributed by atoms with Gasteiger partial charge in [0.2, 0.25) is 0 Å². The third kappa shape index (κ3) is 5.29. The maximum absolute atomic E-state index is 14.0. The first-order valence-electron chi connectivity index (χ1n) is 8.00. The molecule has 0 aliphatic carbocycles. The third-order valence-corrected chi connectivity index (χ3v) is 5.74. The minimum absolute atomic E-state index is 0.103. The molecular formula is C19H19Cl3FNOS. The second kappa shape index (κ2) is 8.39. The van der Waals surface area contributed by atoms with Gasteiger partial charge in [0.1, 0.15) is 0 Å². The summed E-state index contributed by atoms with van der Waals surface area (Å²) in [6, 6.07) is 13.9. The van der Waals surface area contributed by atoms with E-state index in [0.717, 1.165) is 16.3 Å². The average Bonchev–Trinajstić information content (AvgIpc) is 2.59. The van der Waals surface area contributed by atoms with E-state index in [9.17, 15) is 9.18 Å². The number of anilines is 1. The maximum Gasteiger partial charge on any atom is 0.324 e. The van der Waals surface area contributed by atoms with Crippen LogP contribution in [0.1, 0.15) is 43.1 Å². The van der Waals surface area contributed by atoms with Gasteiger partial charge in [0.05, 0.1) is 16.3 Å². The minimum Gasteiger partial charge on any atom is -0.268 e. The molecule has 0 fully saturated rings. The normalized spacial score (nSPS) is 12.1. The highest BCUT2D eigenvalue weighted by molar-refractivity contribution is 8.05. The van der Waals surface area contributed by atoms with Crippen molar-refractivity contribution >= 4 is 58.3 Å². The van der Waals surface area contributed by atoms with E-state index in [2.05, 4.69) is 20.8 Å². The van der Waals surface area contributed by atoms with Gasteiger partial charge in [0.15, 0.2) is 0 Å². The molecule has 1 amide bonds. The Morgan fingerprint density at radius 1 is 1.15 bits per heavy atom. The fourth-order valence-corrected chi connectivity index (χ4v) is 3.55. The van der Waals surface area contributed by atoms with Crippen LogP contribution < -0.4 is 4.31 Å². The molecule has 2 aromatic rings. The Morgan fingerprint density at radius 2 is 1.81 bits per heavy atom. The molecular weight excluding hydrogens is 416 g/mol. The van der Waals surface area contributed by atoms with Crippen LogP contribution in [0.4, 0.5) is 10.1 Å². The fraction of sp³-hybridized carbons (Fsp3) is 0.316. The summed E-state index contributed by atoms with van der Waals surface area (Å²) in [7, 11) is 0. The highest BCUT2D eigenvalue weighted by atomic mass is 35.5. The van der Waals surface area contributed by atoms with Gasteiger partial charge < -0.3 is 0 Å². The summed E-state index contributed by atoms with van der Waals surface area (Å²) in [5, 5.41) is 0.266. The summed E-state index contributed by atoms with van der Waals surface area (Å²) in [6.45, 7) is 6.28. The molecule has 0 N–H and O–H groups in total. The van der Waals surface area contributed by atoms with Crippen molar-refractivity contribution in [2.45, 2.75) is 36.5 Å². The second-order valence-electron chi connectivity index (χ2n) is 6.40. The van der Waals surface area contributed by atoms with E-state index in [0.29, 0.717) is 17.6 Å². The Balaban J connectivity index is 2.51. The van der Waals surface area contributed by atoms with E-state index in [4.69, 9.17) is 34.8 Å². The van der Waals surface area contributed by atoms with Gasteiger partial charge in [-0.05, 0) is 41.7 Å². The molecule has 0 saturated heterocycles. The molecule has 26 heavy (non-hydrogen) atoms. The number of rotatable bonds is 6. The van der Waals surface area contributed by atoms with Crippen molar-refractivity contribution in [2.75, 3.05) is 4.31 Å². The molecule has 2 aromatic carbocycles. The van der Waals surface area contributed by atoms with Crippen LogP contribution in [0.3, 0.4) is 0 Å². The second-order valence-corrected chi connectivity index (χ2v) is 9.60. The lowest BCUT2D eigenvalue weighted by Crippen LogP contribution is -2.28. The monoisotopic (exact) mass is 433 g/mol. The van der Waals surface area contributed by atoms with Gasteiger partial charge in [-0.25, -0.2) is 4.31 Å². The van der Waals surface area contributed by atoms with Gasteiger partial charge >= 0.3 is 3.92 Å². The zero-order valence-corrected chi connectivity index (χ0v) is 17.7. The molecule has 0 atom stereocenters. The van der Waals surface area contributed by atoms with Gasteiger partial charge in [-0.15, -0.1) is 0 Å². The van der Waals surface area contributed by atoms with E-state index < -0.39 is 9.83 Å². The van der Waals surface area contributed by atoms with Gasteiger partial charge in [-0.3, -0.25) is 4.79 Å². The number of alkyl halides is 3. The fourth-order valence-electron chi connectivity index (χ4n) is 2.32. The van der Waals surface area contributed by atoms with Crippen LogP contribution in [0.25, 0.3) is 0 Å². The van der Waals surface area contributed by atoms with Crippen LogP contribution in [0.2, 0.25) is 5.02 Å². The molecule has 0 radical (unpaired) electrons. The van der Waals surface area contributed by atoms with E-state index in [1.807, 2.05) is 18.2 Å². The van der Waals surface area contributed by atoms with Crippen molar-refractivity contribution in [1.82, 2.24) is 0 Å². The molecule has 0 saturated carbocycles. The number of nitrogens with zero attached hydrogens (tertiary/aromatic N) is 1. The molecule has 0 unspecified atom stereocenters. The Hall–Kier alpha value is -0.940. The smallest absolute Gasteiger partial charge is 0.268 e. The van der Waals surface area contributed by atoms with E-state index >= 15 is 0 Å². The number of benzene rings is 2. The van der Waals surface area contributed by atoms with Crippen molar-refractivity contribution < 1.29 is 9.18 Å². The topological polar surface area (TPSA) is 20.3 Å². The van der Waals surface area contributed by atoms with E-state index in [-0.39, 0.29) is 16.0 Å². The molecule has 0 spiro atoms. The Morgan fingerprint density at radius 3 is 2.38 bits per heavy atom. The highest BCUT2D eigenvalue weighted by Gasteiger charge is 2.33. The van der Waals surface area contributed by atoms with E-state index in [1.54, 1.807) is 30.3 Å². The summed E-state index contributed by atoms with van der Waals surface area (Å²) >= 11 is 17.6. The zero-order valence-electron chi connectivity index (χ0n) is 14.6. The first-order valence-corrected chi connectivity index (χ1v) is 9.91. The molecule has 0 aliphatic rings. The van der Waals surface area contributed by atoms with Gasteiger partial charge in [-0.2, -0.15) is 4.39 Å². The van der Waals surface area contributed by atoms with Crippen molar-refractivity contribution in [3.05, 3.63) is 64.7 Å². The number of hydrogen-bond acceptors (Lipinski definition) is 2. The quantitative estimate of drug-likeness (QED) is 0.349. The first-order chi connectivity index (χ1) is 12.0. The molecule has 2 rings (SSSR count). The number of amides is 1. The standard InChI is InChI=1S/C19H19Cl3FNOS/c1-4-18(2,3)13-8-7-9-14(12-13)24(26-19(21,22)23)17(25)15-10-5-6-11-16(15)20/h5-12H,4H2,1-3H3. The van der Waals surface area contributed by atoms with Crippen LogP contribution in [0, 0.1) is 0 Å². The maximum atomic E-state index is 14.0. The Kier molecular flexibility index (Phi) is 6.89. The lowest BCUT2D eigenvalue weighted by atomic mass is 9.82. The van der Waals surface area contributed by atoms with Crippen LogP contribution >= 0.6 is 46.8 Å². The predicted molar refractivity (Wildman–Crippen MR) is 111 cm³/mol. The van der Waals surface area contributed by atoms with Crippen LogP contribution in [-0.2, 0) is 5.41 Å². The van der Waals surface area contributed by atoms with Crippen molar-refractivity contribution in [3.63, 3.8) is 0 Å². The predicted octanol–water partition coefficient (Wildman–Crippen LogP) is 7.38. The average molecular weight is 435 g/mol. The van der Waals surface area contributed by atoms with Gasteiger partial charge in [0, 0.05) is 11.9 Å². The third-order valence-electron chi connectivity index (χ3n) is 4.23. The number of carbonyl (C=O) groups is 1. The summed E-state index contributed by atoms with van der Waals surface area (Å²) < 4.78 is 12.4. The lowest BCUT2D eigenvalue weighted by molar-refractivity contribution is 0.101. The molecule has 7 heteroatoms. The van der Waals surface area contributed by atoms with Crippen LogP contribution in [0.5, 0.6) is 0 Å². The van der Waals surface area contributed by atoms with E-state index in [1.165, 1.54) is 0 Å². The summed E-state index contributed by atoms with van der Waals surface area (Å²) in [5.41, 5.74) is 1.62. The molecule has 0 bridgehead atoms. The first kappa shape index (κ1) is 21.4. The largest absolute Gasteiger partial charge is 0.324 e. The van der Waals surface area contributed by atoms with Gasteiger partial charge in [-0.1, -0.05) is 79.8 Å². The van der Waals surface area contributed by atoms with Crippen molar-refractivity contribution in [1.29, 1.82) is 0 Å². The van der Waals surface area contributed by atoms with Crippen molar-refractivity contribution in [2.24, 2.45) is 0 Å². The minimum atomic E-state index is -2.67. The van der Waals surface area contributed by atoms with Gasteiger partial charge in [0.25, 0.3) is 5.91 Å². The number of halogens is 4. The summed E-state index contributed by atoms with van der Waals surface area (Å²) in [6.07, 6.45) is 0.903. The number of hydrogen-bond donors (Lipinski definition) is 0. The molecule has 2 nitrogen and oxygen atoms in total. The summed E-state index contributed by atoms with van der Waals surface area (Å²) in [5.74, 6) is -0.504. The van der Waals surface area contributed by atoms with Crippen LogP contribution in [-0.4, -0.2) is 9.83 Å². The van der Waals surface area contributed by atoms with Crippen molar-refractivity contribution in [3.8, 4) is 0 Å². The molecule has 0 aromatic heterocycles. The SMILES string of the molecule is CCC(C)(C)c1cccc(N(SC(F)(Cl)Cl)C(=O)c2ccccc2Cl)c1. The Labute approximate surface area is 172 Å². The number of carbonyl (C=O) groups excluding carboxylic acids is 1. The Bertz CT molecular complexity index is 792. The summed E-state index contributed by atoms with van der Waals surface area (Å²) in [4.78, 5) is 13.0. The van der Waals surface area contributed by atoms with Crippen LogP contribution in [0.15, 0.2) is 48.5 Å². The highest BCUT2D eigenvalue weighted by Crippen LogP contribution is 2.42. The molecule has 0 aliphatic heterocycles. The molecule has 0 heterocycles. The molecule has 140 valence electrons. The lowest BCUT2D eigenvalue weighted by Gasteiger charge is -2.28.